The summed E-state index contributed by atoms with van der Waals surface area (Å²) in [4.78, 5) is 15.1. The van der Waals surface area contributed by atoms with Crippen LogP contribution in [0.25, 0.3) is 0 Å². The second-order valence-corrected chi connectivity index (χ2v) is 5.97. The van der Waals surface area contributed by atoms with E-state index in [4.69, 9.17) is 11.6 Å². The van der Waals surface area contributed by atoms with Crippen LogP contribution < -0.4 is 5.32 Å². The zero-order chi connectivity index (χ0) is 12.3. The highest BCUT2D eigenvalue weighted by Crippen LogP contribution is 2.19. The monoisotopic (exact) mass is 262 g/mol. The van der Waals surface area contributed by atoms with Crippen LogP contribution in [-0.4, -0.2) is 31.3 Å². The Kier molecular flexibility index (Phi) is 3.88. The lowest BCUT2D eigenvalue weighted by Gasteiger charge is -2.06. The second-order valence-electron chi connectivity index (χ2n) is 3.47. The minimum Gasteiger partial charge on any atom is -0.323 e. The number of hydrogen-bond donors (Lipinski definition) is 1. The van der Waals surface area contributed by atoms with E-state index in [0.29, 0.717) is 5.69 Å². The minimum atomic E-state index is -3.34. The summed E-state index contributed by atoms with van der Waals surface area (Å²) >= 11 is 5.74. The van der Waals surface area contributed by atoms with Crippen LogP contribution in [0.2, 0.25) is 5.15 Å². The quantitative estimate of drug-likeness (QED) is 0.826. The summed E-state index contributed by atoms with van der Waals surface area (Å²) in [5, 5.41) is 2.53. The second kappa shape index (κ2) is 4.80. The average molecular weight is 263 g/mol. The van der Waals surface area contributed by atoms with E-state index in [9.17, 15) is 13.2 Å². The number of carbonyl (C=O) groups excluding carboxylic acids is 1. The first-order valence-corrected chi connectivity index (χ1v) is 6.81. The van der Waals surface area contributed by atoms with Crippen LogP contribution in [0.1, 0.15) is 5.56 Å². The first-order chi connectivity index (χ1) is 7.28. The Balaban J connectivity index is 2.81. The third-order valence-electron chi connectivity index (χ3n) is 1.64. The number of sulfone groups is 1. The van der Waals surface area contributed by atoms with Crippen LogP contribution >= 0.6 is 11.6 Å². The van der Waals surface area contributed by atoms with Gasteiger partial charge < -0.3 is 5.32 Å². The zero-order valence-electron chi connectivity index (χ0n) is 8.82. The molecule has 1 amide bonds. The van der Waals surface area contributed by atoms with Crippen molar-refractivity contribution < 1.29 is 13.2 Å². The molecule has 0 spiro atoms. The minimum absolute atomic E-state index is 0.132. The summed E-state index contributed by atoms with van der Waals surface area (Å²) in [5.74, 6) is -1.20. The maximum atomic E-state index is 11.3. The molecule has 0 saturated carbocycles. The van der Waals surface area contributed by atoms with Crippen molar-refractivity contribution in [1.29, 1.82) is 0 Å². The Bertz CT molecular complexity index is 513. The third-order valence-corrected chi connectivity index (χ3v) is 2.73. The normalized spacial score (nSPS) is 11.2. The molecule has 0 fully saturated rings. The van der Waals surface area contributed by atoms with Gasteiger partial charge in [-0.15, -0.1) is 0 Å². The van der Waals surface area contributed by atoms with Gasteiger partial charge in [0.25, 0.3) is 0 Å². The van der Waals surface area contributed by atoms with E-state index in [-0.39, 0.29) is 5.15 Å². The summed E-state index contributed by atoms with van der Waals surface area (Å²) in [7, 11) is -3.34. The number of halogens is 1. The molecule has 0 aliphatic carbocycles. The highest BCUT2D eigenvalue weighted by Gasteiger charge is 2.12. The van der Waals surface area contributed by atoms with Gasteiger partial charge in [-0.1, -0.05) is 11.6 Å². The van der Waals surface area contributed by atoms with E-state index in [1.807, 2.05) is 0 Å². The first-order valence-electron chi connectivity index (χ1n) is 4.37. The summed E-state index contributed by atoms with van der Waals surface area (Å²) in [5.41, 5.74) is 1.13. The fraction of sp³-hybridized carbons (Fsp3) is 0.333. The van der Waals surface area contributed by atoms with Crippen molar-refractivity contribution in [3.63, 3.8) is 0 Å². The number of anilines is 1. The van der Waals surface area contributed by atoms with Crippen molar-refractivity contribution in [2.45, 2.75) is 6.92 Å². The van der Waals surface area contributed by atoms with Crippen LogP contribution in [0.3, 0.4) is 0 Å². The van der Waals surface area contributed by atoms with Crippen molar-refractivity contribution in [2.24, 2.45) is 0 Å². The van der Waals surface area contributed by atoms with Crippen LogP contribution in [0.15, 0.2) is 12.3 Å². The molecule has 88 valence electrons. The summed E-state index contributed by atoms with van der Waals surface area (Å²) in [6.07, 6.45) is 2.54. The lowest BCUT2D eigenvalue weighted by Crippen LogP contribution is -2.22. The Morgan fingerprint density at radius 1 is 1.56 bits per heavy atom. The molecular formula is C9H11ClN2O3S. The molecule has 0 saturated heterocycles. The van der Waals surface area contributed by atoms with Crippen molar-refractivity contribution >= 4 is 33.0 Å². The fourth-order valence-corrected chi connectivity index (χ4v) is 1.76. The number of carbonyl (C=O) groups is 1. The highest BCUT2D eigenvalue weighted by molar-refractivity contribution is 7.91. The average Bonchev–Trinajstić information content (AvgIpc) is 2.08. The number of hydrogen-bond acceptors (Lipinski definition) is 4. The van der Waals surface area contributed by atoms with E-state index in [1.54, 1.807) is 19.2 Å². The van der Waals surface area contributed by atoms with E-state index in [2.05, 4.69) is 10.3 Å². The van der Waals surface area contributed by atoms with Crippen LogP contribution in [0.5, 0.6) is 0 Å². The summed E-state index contributed by atoms with van der Waals surface area (Å²) in [6, 6.07) is 1.62. The van der Waals surface area contributed by atoms with Gasteiger partial charge in [0, 0.05) is 12.5 Å². The molecule has 0 aliphatic heterocycles. The summed E-state index contributed by atoms with van der Waals surface area (Å²) < 4.78 is 21.7. The maximum absolute atomic E-state index is 11.3. The van der Waals surface area contributed by atoms with Crippen LogP contribution in [0, 0.1) is 6.92 Å². The molecule has 1 N–H and O–H groups in total. The van der Waals surface area contributed by atoms with Gasteiger partial charge in [-0.25, -0.2) is 13.4 Å². The Labute approximate surface area is 98.8 Å². The molecule has 1 aromatic rings. The number of amides is 1. The molecule has 1 heterocycles. The van der Waals surface area contributed by atoms with Crippen LogP contribution in [0.4, 0.5) is 5.69 Å². The van der Waals surface area contributed by atoms with Gasteiger partial charge in [-0.05, 0) is 18.6 Å². The number of nitrogens with zero attached hydrogens (tertiary/aromatic N) is 1. The van der Waals surface area contributed by atoms with Crippen LogP contribution in [-0.2, 0) is 14.6 Å². The first kappa shape index (κ1) is 12.9. The smallest absolute Gasteiger partial charge is 0.239 e. The molecule has 0 aromatic carbocycles. The van der Waals surface area contributed by atoms with Gasteiger partial charge in [-0.3, -0.25) is 4.79 Å². The predicted molar refractivity (Wildman–Crippen MR) is 62.3 cm³/mol. The Morgan fingerprint density at radius 3 is 2.75 bits per heavy atom. The van der Waals surface area contributed by atoms with Gasteiger partial charge in [0.1, 0.15) is 5.75 Å². The molecule has 7 heteroatoms. The van der Waals surface area contributed by atoms with Gasteiger partial charge >= 0.3 is 0 Å². The molecule has 1 rings (SSSR count). The lowest BCUT2D eigenvalue weighted by atomic mass is 10.3. The van der Waals surface area contributed by atoms with Crippen molar-refractivity contribution in [1.82, 2.24) is 4.98 Å². The number of aryl methyl sites for hydroxylation is 1. The summed E-state index contributed by atoms with van der Waals surface area (Å²) in [6.45, 7) is 1.79. The van der Waals surface area contributed by atoms with Gasteiger partial charge in [0.2, 0.25) is 5.91 Å². The van der Waals surface area contributed by atoms with Gasteiger partial charge in [0.15, 0.2) is 15.0 Å². The van der Waals surface area contributed by atoms with E-state index < -0.39 is 21.5 Å². The zero-order valence-corrected chi connectivity index (χ0v) is 10.4. The maximum Gasteiger partial charge on any atom is 0.239 e. The molecule has 0 radical (unpaired) electrons. The fourth-order valence-electron chi connectivity index (χ4n) is 1.06. The van der Waals surface area contributed by atoms with E-state index in [1.165, 1.54) is 0 Å². The van der Waals surface area contributed by atoms with Gasteiger partial charge in [0.05, 0.1) is 5.69 Å². The molecule has 16 heavy (non-hydrogen) atoms. The number of rotatable bonds is 3. The third kappa shape index (κ3) is 4.16. The highest BCUT2D eigenvalue weighted by atomic mass is 35.5. The number of nitrogens with one attached hydrogen (secondary N) is 1. The van der Waals surface area contributed by atoms with E-state index in [0.717, 1.165) is 11.8 Å². The molecule has 5 nitrogen and oxygen atoms in total. The lowest BCUT2D eigenvalue weighted by molar-refractivity contribution is -0.113. The SMILES string of the molecule is Cc1cnc(Cl)c(NC(=O)CS(C)(=O)=O)c1. The molecule has 0 bridgehead atoms. The number of aromatic nitrogens is 1. The topological polar surface area (TPSA) is 76.1 Å². The Hall–Kier alpha value is -1.14. The molecular weight excluding hydrogens is 252 g/mol. The van der Waals surface area contributed by atoms with Crippen molar-refractivity contribution in [3.8, 4) is 0 Å². The largest absolute Gasteiger partial charge is 0.323 e. The van der Waals surface area contributed by atoms with Gasteiger partial charge in [-0.2, -0.15) is 0 Å². The predicted octanol–water partition coefficient (Wildman–Crippen LogP) is 1.03. The van der Waals surface area contributed by atoms with E-state index >= 15 is 0 Å². The molecule has 1 aromatic heterocycles. The van der Waals surface area contributed by atoms with Crippen molar-refractivity contribution in [2.75, 3.05) is 17.3 Å². The number of pyridine rings is 1. The molecule has 0 atom stereocenters. The standard InChI is InChI=1S/C9H11ClN2O3S/c1-6-3-7(9(10)11-4-6)12-8(13)5-16(2,14)15/h3-4H,5H2,1-2H3,(H,12,13). The Morgan fingerprint density at radius 2 is 2.19 bits per heavy atom. The van der Waals surface area contributed by atoms with Crippen molar-refractivity contribution in [3.05, 3.63) is 23.0 Å². The molecule has 0 unspecified atom stereocenters. The molecule has 0 aliphatic rings.